The van der Waals surface area contributed by atoms with Gasteiger partial charge in [-0.3, -0.25) is 14.5 Å². The summed E-state index contributed by atoms with van der Waals surface area (Å²) in [6.45, 7) is 2.47. The molecule has 2 aliphatic rings. The molecule has 0 radical (unpaired) electrons. The van der Waals surface area contributed by atoms with Crippen molar-refractivity contribution in [1.29, 1.82) is 0 Å². The van der Waals surface area contributed by atoms with Crippen LogP contribution in [0.4, 0.5) is 5.69 Å². The van der Waals surface area contributed by atoms with E-state index in [0.29, 0.717) is 12.4 Å². The number of benzene rings is 1. The van der Waals surface area contributed by atoms with Gasteiger partial charge in [0.2, 0.25) is 5.91 Å². The molecule has 20 heavy (non-hydrogen) atoms. The first kappa shape index (κ1) is 13.0. The van der Waals surface area contributed by atoms with Crippen LogP contribution >= 0.6 is 0 Å². The summed E-state index contributed by atoms with van der Waals surface area (Å²) in [6, 6.07) is 7.15. The van der Waals surface area contributed by atoms with E-state index >= 15 is 0 Å². The van der Waals surface area contributed by atoms with Crippen molar-refractivity contribution in [3.8, 4) is 5.75 Å². The average Bonchev–Trinajstić information content (AvgIpc) is 3.21. The minimum absolute atomic E-state index is 0.0658. The number of carbonyl (C=O) groups excluding carboxylic acids is 2. The molecule has 5 nitrogen and oxygen atoms in total. The third kappa shape index (κ3) is 2.35. The Kier molecular flexibility index (Phi) is 3.34. The van der Waals surface area contributed by atoms with Crippen molar-refractivity contribution in [1.82, 2.24) is 4.90 Å². The molecule has 106 valence electrons. The highest BCUT2D eigenvalue weighted by Crippen LogP contribution is 2.33. The fourth-order valence-corrected chi connectivity index (χ4v) is 2.54. The van der Waals surface area contributed by atoms with Crippen LogP contribution in [0, 0.1) is 0 Å². The zero-order valence-electron chi connectivity index (χ0n) is 11.5. The lowest BCUT2D eigenvalue weighted by Gasteiger charge is -2.17. The summed E-state index contributed by atoms with van der Waals surface area (Å²) in [5, 5.41) is 3.15. The van der Waals surface area contributed by atoms with Crippen molar-refractivity contribution in [2.45, 2.75) is 38.3 Å². The molecule has 1 atom stereocenters. The minimum Gasteiger partial charge on any atom is -0.492 e. The van der Waals surface area contributed by atoms with Gasteiger partial charge in [0.15, 0.2) is 0 Å². The Hall–Kier alpha value is -2.04. The summed E-state index contributed by atoms with van der Waals surface area (Å²) in [7, 11) is 0. The molecule has 0 bridgehead atoms. The molecule has 1 N–H and O–H groups in total. The van der Waals surface area contributed by atoms with Crippen LogP contribution in [0.1, 0.15) is 26.2 Å². The topological polar surface area (TPSA) is 58.6 Å². The first-order chi connectivity index (χ1) is 9.70. The second-order valence-electron chi connectivity index (χ2n) is 5.16. The van der Waals surface area contributed by atoms with E-state index in [1.54, 1.807) is 0 Å². The quantitative estimate of drug-likeness (QED) is 0.832. The summed E-state index contributed by atoms with van der Waals surface area (Å²) in [5.74, 6) is 0.535. The molecule has 0 aromatic heterocycles. The van der Waals surface area contributed by atoms with Crippen LogP contribution in [-0.2, 0) is 9.59 Å². The summed E-state index contributed by atoms with van der Waals surface area (Å²) in [5.41, 5.74) is 0.762. The van der Waals surface area contributed by atoms with E-state index in [2.05, 4.69) is 5.32 Å². The van der Waals surface area contributed by atoms with Gasteiger partial charge in [0.25, 0.3) is 5.91 Å². The standard InChI is InChI=1S/C15H18N2O3/c1-2-20-13-6-4-3-5-11(13)16-12-9-14(18)17(15(12)19)10-7-8-10/h3-6,10,12,16H,2,7-9H2,1H3. The van der Waals surface area contributed by atoms with Crippen molar-refractivity contribution in [2.75, 3.05) is 11.9 Å². The molecule has 1 aromatic carbocycles. The highest BCUT2D eigenvalue weighted by molar-refractivity contribution is 6.07. The first-order valence-corrected chi connectivity index (χ1v) is 7.05. The molecule has 1 heterocycles. The highest BCUT2D eigenvalue weighted by Gasteiger charge is 2.46. The van der Waals surface area contributed by atoms with E-state index in [1.807, 2.05) is 31.2 Å². The van der Waals surface area contributed by atoms with E-state index < -0.39 is 6.04 Å². The van der Waals surface area contributed by atoms with Crippen molar-refractivity contribution in [3.05, 3.63) is 24.3 Å². The normalized spacial score (nSPS) is 22.2. The molecule has 0 spiro atoms. The van der Waals surface area contributed by atoms with Gasteiger partial charge in [0.05, 0.1) is 18.7 Å². The molecule has 3 rings (SSSR count). The fraction of sp³-hybridized carbons (Fsp3) is 0.467. The molecule has 1 saturated carbocycles. The number of hydrogen-bond acceptors (Lipinski definition) is 4. The Labute approximate surface area is 117 Å². The predicted octanol–water partition coefficient (Wildman–Crippen LogP) is 1.79. The summed E-state index contributed by atoms with van der Waals surface area (Å²) in [4.78, 5) is 25.6. The van der Waals surface area contributed by atoms with Gasteiger partial charge in [0, 0.05) is 6.04 Å². The molecule has 1 aromatic rings. The first-order valence-electron chi connectivity index (χ1n) is 7.05. The summed E-state index contributed by atoms with van der Waals surface area (Å²) < 4.78 is 5.52. The largest absolute Gasteiger partial charge is 0.492 e. The smallest absolute Gasteiger partial charge is 0.252 e. The molecule has 1 aliphatic carbocycles. The number of hydrogen-bond donors (Lipinski definition) is 1. The molecule has 2 fully saturated rings. The van der Waals surface area contributed by atoms with Crippen LogP contribution in [-0.4, -0.2) is 35.4 Å². The molecular weight excluding hydrogens is 256 g/mol. The van der Waals surface area contributed by atoms with Gasteiger partial charge in [0.1, 0.15) is 11.8 Å². The lowest BCUT2D eigenvalue weighted by molar-refractivity contribution is -0.139. The summed E-state index contributed by atoms with van der Waals surface area (Å²) in [6.07, 6.45) is 2.12. The van der Waals surface area contributed by atoms with Gasteiger partial charge in [-0.15, -0.1) is 0 Å². The predicted molar refractivity (Wildman–Crippen MR) is 74.5 cm³/mol. The number of anilines is 1. The number of nitrogens with one attached hydrogen (secondary N) is 1. The number of amides is 2. The number of para-hydroxylation sites is 2. The Morgan fingerprint density at radius 1 is 1.30 bits per heavy atom. The third-order valence-electron chi connectivity index (χ3n) is 3.61. The van der Waals surface area contributed by atoms with Crippen LogP contribution in [0.25, 0.3) is 0 Å². The lowest BCUT2D eigenvalue weighted by Crippen LogP contribution is -2.36. The molecule has 1 aliphatic heterocycles. The number of rotatable bonds is 5. The Morgan fingerprint density at radius 2 is 2.05 bits per heavy atom. The van der Waals surface area contributed by atoms with Gasteiger partial charge < -0.3 is 10.1 Å². The van der Waals surface area contributed by atoms with Crippen molar-refractivity contribution in [3.63, 3.8) is 0 Å². The zero-order valence-corrected chi connectivity index (χ0v) is 11.5. The van der Waals surface area contributed by atoms with E-state index in [4.69, 9.17) is 4.74 Å². The average molecular weight is 274 g/mol. The van der Waals surface area contributed by atoms with Crippen LogP contribution in [0.15, 0.2) is 24.3 Å². The van der Waals surface area contributed by atoms with E-state index in [-0.39, 0.29) is 24.3 Å². The van der Waals surface area contributed by atoms with Crippen molar-refractivity contribution in [2.24, 2.45) is 0 Å². The number of carbonyl (C=O) groups is 2. The monoisotopic (exact) mass is 274 g/mol. The Morgan fingerprint density at radius 3 is 2.75 bits per heavy atom. The van der Waals surface area contributed by atoms with Gasteiger partial charge in [-0.2, -0.15) is 0 Å². The maximum Gasteiger partial charge on any atom is 0.252 e. The molecule has 5 heteroatoms. The molecule has 2 amide bonds. The minimum atomic E-state index is -0.468. The second kappa shape index (κ2) is 5.15. The van der Waals surface area contributed by atoms with Gasteiger partial charge in [-0.25, -0.2) is 0 Å². The molecule has 1 unspecified atom stereocenters. The van der Waals surface area contributed by atoms with Crippen molar-refractivity contribution < 1.29 is 14.3 Å². The fourth-order valence-electron chi connectivity index (χ4n) is 2.54. The third-order valence-corrected chi connectivity index (χ3v) is 3.61. The van der Waals surface area contributed by atoms with Gasteiger partial charge in [-0.05, 0) is 31.9 Å². The van der Waals surface area contributed by atoms with Crippen LogP contribution in [0.5, 0.6) is 5.75 Å². The van der Waals surface area contributed by atoms with Crippen LogP contribution < -0.4 is 10.1 Å². The van der Waals surface area contributed by atoms with E-state index in [9.17, 15) is 9.59 Å². The summed E-state index contributed by atoms with van der Waals surface area (Å²) >= 11 is 0. The maximum absolute atomic E-state index is 12.3. The van der Waals surface area contributed by atoms with Gasteiger partial charge >= 0.3 is 0 Å². The zero-order chi connectivity index (χ0) is 14.1. The number of likely N-dealkylation sites (tertiary alicyclic amines) is 1. The SMILES string of the molecule is CCOc1ccccc1NC1CC(=O)N(C2CC2)C1=O. The lowest BCUT2D eigenvalue weighted by atomic mass is 10.2. The molecule has 1 saturated heterocycles. The van der Waals surface area contributed by atoms with Gasteiger partial charge in [-0.1, -0.05) is 12.1 Å². The Bertz CT molecular complexity index is 540. The second-order valence-corrected chi connectivity index (χ2v) is 5.16. The maximum atomic E-state index is 12.3. The number of imide groups is 1. The van der Waals surface area contributed by atoms with Crippen LogP contribution in [0.3, 0.4) is 0 Å². The van der Waals surface area contributed by atoms with E-state index in [1.165, 1.54) is 4.90 Å². The Balaban J connectivity index is 1.75. The van der Waals surface area contributed by atoms with Crippen LogP contribution in [0.2, 0.25) is 0 Å². The highest BCUT2D eigenvalue weighted by atomic mass is 16.5. The number of nitrogens with zero attached hydrogens (tertiary/aromatic N) is 1. The van der Waals surface area contributed by atoms with Crippen molar-refractivity contribution >= 4 is 17.5 Å². The molecular formula is C15H18N2O3. The van der Waals surface area contributed by atoms with E-state index in [0.717, 1.165) is 18.5 Å². The number of ether oxygens (including phenoxy) is 1.